The van der Waals surface area contributed by atoms with Gasteiger partial charge in [-0.3, -0.25) is 0 Å². The Morgan fingerprint density at radius 2 is 2.10 bits per heavy atom. The number of ether oxygens (including phenoxy) is 1. The van der Waals surface area contributed by atoms with Crippen LogP contribution in [0.2, 0.25) is 0 Å². The summed E-state index contributed by atoms with van der Waals surface area (Å²) in [7, 11) is 1.72. The minimum atomic E-state index is -0.211. The normalized spacial score (nSPS) is 13.5. The Bertz CT molecular complexity index is 423. The zero-order chi connectivity index (χ0) is 15.2. The second-order valence-corrected chi connectivity index (χ2v) is 6.67. The lowest BCUT2D eigenvalue weighted by molar-refractivity contribution is 0.00708. The van der Waals surface area contributed by atoms with Gasteiger partial charge in [-0.25, -0.2) is 4.39 Å². The van der Waals surface area contributed by atoms with Gasteiger partial charge in [0.15, 0.2) is 0 Å². The first-order valence-corrected chi connectivity index (χ1v) is 7.89. The molecule has 114 valence electrons. The highest BCUT2D eigenvalue weighted by Crippen LogP contribution is 2.21. The molecule has 0 aliphatic rings. The second kappa shape index (κ2) is 8.11. The summed E-state index contributed by atoms with van der Waals surface area (Å²) >= 11 is 3.29. The zero-order valence-electron chi connectivity index (χ0n) is 12.8. The van der Waals surface area contributed by atoms with E-state index in [1.165, 1.54) is 6.07 Å². The van der Waals surface area contributed by atoms with E-state index in [9.17, 15) is 4.39 Å². The van der Waals surface area contributed by atoms with E-state index in [1.807, 2.05) is 12.1 Å². The maximum Gasteiger partial charge on any atom is 0.127 e. The van der Waals surface area contributed by atoms with Gasteiger partial charge in [-0.05, 0) is 57.4 Å². The maximum atomic E-state index is 14.0. The van der Waals surface area contributed by atoms with Crippen molar-refractivity contribution in [2.45, 2.75) is 51.7 Å². The molecule has 0 saturated heterocycles. The van der Waals surface area contributed by atoms with Crippen molar-refractivity contribution in [3.63, 3.8) is 0 Å². The van der Waals surface area contributed by atoms with Gasteiger partial charge in [-0.2, -0.15) is 0 Å². The quantitative estimate of drug-likeness (QED) is 0.757. The lowest BCUT2D eigenvalue weighted by Crippen LogP contribution is -2.39. The van der Waals surface area contributed by atoms with E-state index in [0.717, 1.165) is 29.4 Å². The monoisotopic (exact) mass is 345 g/mol. The molecule has 1 aromatic carbocycles. The van der Waals surface area contributed by atoms with E-state index < -0.39 is 0 Å². The number of rotatable bonds is 8. The van der Waals surface area contributed by atoms with E-state index in [1.54, 1.807) is 7.11 Å². The van der Waals surface area contributed by atoms with Crippen molar-refractivity contribution < 1.29 is 9.13 Å². The molecule has 0 radical (unpaired) electrons. The third kappa shape index (κ3) is 5.90. The summed E-state index contributed by atoms with van der Waals surface area (Å²) in [6.07, 6.45) is 2.58. The van der Waals surface area contributed by atoms with Crippen LogP contribution >= 0.6 is 15.9 Å². The Balaban J connectivity index is 2.77. The van der Waals surface area contributed by atoms with Gasteiger partial charge >= 0.3 is 0 Å². The molecule has 0 amide bonds. The van der Waals surface area contributed by atoms with E-state index in [4.69, 9.17) is 4.74 Å². The van der Waals surface area contributed by atoms with Crippen LogP contribution in [0.4, 0.5) is 4.39 Å². The van der Waals surface area contributed by atoms with Crippen LogP contribution in [0.1, 0.15) is 39.2 Å². The molecule has 0 bridgehead atoms. The van der Waals surface area contributed by atoms with E-state index in [-0.39, 0.29) is 17.5 Å². The van der Waals surface area contributed by atoms with Gasteiger partial charge in [0.2, 0.25) is 0 Å². The van der Waals surface area contributed by atoms with Crippen molar-refractivity contribution >= 4 is 15.9 Å². The molecule has 1 rings (SSSR count). The number of methoxy groups -OCH3 is 1. The molecule has 0 aliphatic heterocycles. The van der Waals surface area contributed by atoms with Crippen molar-refractivity contribution in [3.8, 4) is 0 Å². The fourth-order valence-electron chi connectivity index (χ4n) is 2.19. The first-order chi connectivity index (χ1) is 9.38. The molecule has 0 aromatic heterocycles. The first kappa shape index (κ1) is 17.6. The molecule has 1 unspecified atom stereocenters. The number of hydrogen-bond acceptors (Lipinski definition) is 2. The lowest BCUT2D eigenvalue weighted by Gasteiger charge is -2.29. The van der Waals surface area contributed by atoms with Gasteiger partial charge in [0.25, 0.3) is 0 Å². The molecular weight excluding hydrogens is 321 g/mol. The van der Waals surface area contributed by atoms with Gasteiger partial charge < -0.3 is 10.1 Å². The highest BCUT2D eigenvalue weighted by atomic mass is 79.9. The molecule has 4 heteroatoms. The van der Waals surface area contributed by atoms with Crippen LogP contribution in [0.15, 0.2) is 22.7 Å². The summed E-state index contributed by atoms with van der Waals surface area (Å²) in [4.78, 5) is 0. The van der Waals surface area contributed by atoms with Crippen LogP contribution in [0.25, 0.3) is 0 Å². The van der Waals surface area contributed by atoms with Gasteiger partial charge in [0.05, 0.1) is 5.60 Å². The highest BCUT2D eigenvalue weighted by molar-refractivity contribution is 9.10. The Hall–Kier alpha value is -0.450. The largest absolute Gasteiger partial charge is 0.379 e. The summed E-state index contributed by atoms with van der Waals surface area (Å²) in [5.74, 6) is -0.155. The number of hydrogen-bond donors (Lipinski definition) is 1. The number of nitrogens with one attached hydrogen (secondary N) is 1. The third-order valence-corrected chi connectivity index (χ3v) is 3.95. The van der Waals surface area contributed by atoms with Crippen molar-refractivity contribution in [2.75, 3.05) is 13.7 Å². The molecule has 1 N–H and O–H groups in total. The summed E-state index contributed by atoms with van der Waals surface area (Å²) in [6.45, 7) is 7.19. The molecule has 2 nitrogen and oxygen atoms in total. The highest BCUT2D eigenvalue weighted by Gasteiger charge is 2.23. The Labute approximate surface area is 130 Å². The van der Waals surface area contributed by atoms with Gasteiger partial charge in [0, 0.05) is 17.6 Å². The van der Waals surface area contributed by atoms with Gasteiger partial charge in [-0.15, -0.1) is 0 Å². The van der Waals surface area contributed by atoms with Crippen LogP contribution in [0.3, 0.4) is 0 Å². The number of benzene rings is 1. The van der Waals surface area contributed by atoms with Crippen LogP contribution in [-0.2, 0) is 11.2 Å². The molecule has 1 atom stereocenters. The Kier molecular flexibility index (Phi) is 7.13. The predicted octanol–water partition coefficient (Wildman–Crippen LogP) is 4.31. The van der Waals surface area contributed by atoms with Crippen LogP contribution in [-0.4, -0.2) is 25.3 Å². The lowest BCUT2D eigenvalue weighted by atomic mass is 9.93. The fourth-order valence-corrected chi connectivity index (χ4v) is 2.53. The molecule has 0 saturated carbocycles. The van der Waals surface area contributed by atoms with E-state index in [0.29, 0.717) is 6.42 Å². The van der Waals surface area contributed by atoms with Crippen molar-refractivity contribution in [1.29, 1.82) is 0 Å². The van der Waals surface area contributed by atoms with Gasteiger partial charge in [0.1, 0.15) is 5.82 Å². The molecule has 0 heterocycles. The average Bonchev–Trinajstić information content (AvgIpc) is 2.39. The molecule has 0 aliphatic carbocycles. The third-order valence-electron chi connectivity index (χ3n) is 3.46. The molecular formula is C16H25BrFNO. The summed E-state index contributed by atoms with van der Waals surface area (Å²) < 4.78 is 20.2. The van der Waals surface area contributed by atoms with Crippen molar-refractivity contribution in [2.24, 2.45) is 0 Å². The van der Waals surface area contributed by atoms with E-state index >= 15 is 0 Å². The zero-order valence-corrected chi connectivity index (χ0v) is 14.4. The Morgan fingerprint density at radius 1 is 1.40 bits per heavy atom. The van der Waals surface area contributed by atoms with E-state index in [2.05, 4.69) is 42.0 Å². The minimum Gasteiger partial charge on any atom is -0.379 e. The van der Waals surface area contributed by atoms with Crippen LogP contribution in [0, 0.1) is 5.82 Å². The molecule has 0 spiro atoms. The standard InChI is InChI=1S/C16H25BrFNO/c1-5-8-19-14(11-16(2,3)20-4)9-12-6-7-13(17)10-15(12)18/h6-7,10,14,19H,5,8-9,11H2,1-4H3. The van der Waals surface area contributed by atoms with Crippen molar-refractivity contribution in [1.82, 2.24) is 5.32 Å². The first-order valence-electron chi connectivity index (χ1n) is 7.10. The SMILES string of the molecule is CCCNC(Cc1ccc(Br)cc1F)CC(C)(C)OC. The average molecular weight is 346 g/mol. The summed E-state index contributed by atoms with van der Waals surface area (Å²) in [6, 6.07) is 5.46. The second-order valence-electron chi connectivity index (χ2n) is 5.76. The van der Waals surface area contributed by atoms with Crippen LogP contribution < -0.4 is 5.32 Å². The topological polar surface area (TPSA) is 21.3 Å². The minimum absolute atomic E-state index is 0.155. The van der Waals surface area contributed by atoms with Gasteiger partial charge in [-0.1, -0.05) is 28.9 Å². The number of halogens is 2. The predicted molar refractivity (Wildman–Crippen MR) is 85.6 cm³/mol. The Morgan fingerprint density at radius 3 is 2.65 bits per heavy atom. The van der Waals surface area contributed by atoms with Crippen LogP contribution in [0.5, 0.6) is 0 Å². The molecule has 1 aromatic rings. The van der Waals surface area contributed by atoms with Crippen molar-refractivity contribution in [3.05, 3.63) is 34.1 Å². The molecule has 0 fully saturated rings. The fraction of sp³-hybridized carbons (Fsp3) is 0.625. The molecule has 20 heavy (non-hydrogen) atoms. The smallest absolute Gasteiger partial charge is 0.127 e. The summed E-state index contributed by atoms with van der Waals surface area (Å²) in [5.41, 5.74) is 0.533. The summed E-state index contributed by atoms with van der Waals surface area (Å²) in [5, 5.41) is 3.49. The maximum absolute atomic E-state index is 14.0.